The largest absolute Gasteiger partial charge is 0.495 e. The number of methoxy groups -OCH3 is 1. The number of fused-ring (bicyclic) bond motifs is 1. The van der Waals surface area contributed by atoms with Gasteiger partial charge in [-0.1, -0.05) is 17.7 Å². The van der Waals surface area contributed by atoms with Gasteiger partial charge in [0.15, 0.2) is 16.6 Å². The Balaban J connectivity index is 1.50. The molecule has 0 radical (unpaired) electrons. The first-order chi connectivity index (χ1) is 18.0. The third-order valence-electron chi connectivity index (χ3n) is 6.91. The molecule has 37 heavy (non-hydrogen) atoms. The van der Waals surface area contributed by atoms with Crippen LogP contribution in [0.2, 0.25) is 5.02 Å². The number of nitrogens with zero attached hydrogens (tertiary/aromatic N) is 3. The second-order valence-electron chi connectivity index (χ2n) is 9.01. The highest BCUT2D eigenvalue weighted by Gasteiger charge is 2.42. The van der Waals surface area contributed by atoms with Gasteiger partial charge >= 0.3 is 0 Å². The lowest BCUT2D eigenvalue weighted by molar-refractivity contribution is 0.174. The van der Waals surface area contributed by atoms with Gasteiger partial charge in [-0.25, -0.2) is 0 Å². The van der Waals surface area contributed by atoms with Crippen molar-refractivity contribution in [3.8, 4) is 22.9 Å². The Hall–Kier alpha value is -3.75. The van der Waals surface area contributed by atoms with Crippen LogP contribution in [0.25, 0.3) is 5.69 Å². The summed E-state index contributed by atoms with van der Waals surface area (Å²) < 4.78 is 18.8. The highest BCUT2D eigenvalue weighted by Crippen LogP contribution is 2.45. The number of aryl methyl sites for hydroxylation is 1. The van der Waals surface area contributed by atoms with Crippen molar-refractivity contribution in [2.75, 3.05) is 18.8 Å². The Kier molecular flexibility index (Phi) is 5.93. The van der Waals surface area contributed by atoms with Crippen LogP contribution in [0.4, 0.5) is 5.69 Å². The zero-order valence-corrected chi connectivity index (χ0v) is 22.1. The molecule has 188 valence electrons. The van der Waals surface area contributed by atoms with E-state index >= 15 is 0 Å². The van der Waals surface area contributed by atoms with Crippen LogP contribution >= 0.6 is 23.8 Å². The molecule has 2 aromatic carbocycles. The van der Waals surface area contributed by atoms with Gasteiger partial charge in [0.05, 0.1) is 29.9 Å². The molecule has 1 N–H and O–H groups in total. The van der Waals surface area contributed by atoms with Crippen molar-refractivity contribution in [1.82, 2.24) is 14.9 Å². The van der Waals surface area contributed by atoms with Gasteiger partial charge in [0.1, 0.15) is 5.75 Å². The lowest BCUT2D eigenvalue weighted by Crippen LogP contribution is -2.29. The van der Waals surface area contributed by atoms with Crippen LogP contribution in [0.3, 0.4) is 0 Å². The number of ether oxygens (including phenoxy) is 3. The average Bonchev–Trinajstić information content (AvgIpc) is 3.59. The molecule has 1 fully saturated rings. The van der Waals surface area contributed by atoms with Crippen LogP contribution in [0, 0.1) is 13.8 Å². The highest BCUT2D eigenvalue weighted by molar-refractivity contribution is 7.80. The van der Waals surface area contributed by atoms with Gasteiger partial charge in [0.2, 0.25) is 6.79 Å². The van der Waals surface area contributed by atoms with Gasteiger partial charge in [0, 0.05) is 35.0 Å². The fraction of sp³-hybridized carbons (Fsp3) is 0.214. The van der Waals surface area contributed by atoms with E-state index in [1.54, 1.807) is 13.3 Å². The number of nitrogens with one attached hydrogen (secondary N) is 1. The topological polar surface area (TPSA) is 60.8 Å². The molecular formula is C28H25ClN4O3S. The van der Waals surface area contributed by atoms with Crippen LogP contribution in [-0.2, 0) is 0 Å². The smallest absolute Gasteiger partial charge is 0.231 e. The van der Waals surface area contributed by atoms with Gasteiger partial charge in [-0.2, -0.15) is 0 Å². The number of aromatic nitrogens is 2. The third-order valence-corrected chi connectivity index (χ3v) is 7.52. The van der Waals surface area contributed by atoms with Crippen molar-refractivity contribution < 1.29 is 14.2 Å². The van der Waals surface area contributed by atoms with E-state index in [2.05, 4.69) is 39.7 Å². The van der Waals surface area contributed by atoms with Crippen molar-refractivity contribution in [1.29, 1.82) is 0 Å². The first kappa shape index (κ1) is 23.6. The molecule has 0 saturated carbocycles. The van der Waals surface area contributed by atoms with Gasteiger partial charge in [-0.05, 0) is 80.2 Å². The molecule has 4 aromatic rings. The average molecular weight is 533 g/mol. The van der Waals surface area contributed by atoms with Crippen molar-refractivity contribution in [2.24, 2.45) is 0 Å². The molecule has 2 aromatic heterocycles. The van der Waals surface area contributed by atoms with Gasteiger partial charge in [0.25, 0.3) is 0 Å². The molecule has 9 heteroatoms. The van der Waals surface area contributed by atoms with E-state index < -0.39 is 0 Å². The molecule has 6 rings (SSSR count). The monoisotopic (exact) mass is 532 g/mol. The zero-order chi connectivity index (χ0) is 25.7. The van der Waals surface area contributed by atoms with Gasteiger partial charge < -0.3 is 29.0 Å². The van der Waals surface area contributed by atoms with Crippen LogP contribution in [0.15, 0.2) is 66.9 Å². The van der Waals surface area contributed by atoms with Gasteiger partial charge in [-0.3, -0.25) is 4.98 Å². The van der Waals surface area contributed by atoms with E-state index in [4.69, 9.17) is 38.0 Å². The molecule has 0 spiro atoms. The second-order valence-corrected chi connectivity index (χ2v) is 9.81. The van der Waals surface area contributed by atoms with E-state index in [1.807, 2.05) is 54.6 Å². The fourth-order valence-corrected chi connectivity index (χ4v) is 5.86. The molecule has 7 nitrogen and oxygen atoms in total. The second kappa shape index (κ2) is 9.28. The molecule has 2 atom stereocenters. The predicted molar refractivity (Wildman–Crippen MR) is 147 cm³/mol. The summed E-state index contributed by atoms with van der Waals surface area (Å²) in [4.78, 5) is 6.79. The number of anilines is 1. The molecule has 0 bridgehead atoms. The van der Waals surface area contributed by atoms with Crippen LogP contribution in [0.1, 0.15) is 34.7 Å². The standard InChI is InChI=1S/C28H25ClN4O3S/c1-16-12-20(17(2)32(16)19-8-10-24-25(14-19)36-15-35-24)27-26(22-6-4-5-11-30-22)31-28(37)33(27)18-7-9-23(34-3)21(29)13-18/h4-14,26-27H,15H2,1-3H3,(H,31,37)/t26-,27-/m0/s1. The lowest BCUT2D eigenvalue weighted by Gasteiger charge is -2.28. The summed E-state index contributed by atoms with van der Waals surface area (Å²) in [5.41, 5.74) is 6.11. The molecule has 1 saturated heterocycles. The molecule has 2 aliphatic rings. The van der Waals surface area contributed by atoms with Crippen LogP contribution in [-0.4, -0.2) is 28.6 Å². The van der Waals surface area contributed by atoms with Gasteiger partial charge in [-0.15, -0.1) is 0 Å². The normalized spacial score (nSPS) is 18.3. The van der Waals surface area contributed by atoms with Crippen LogP contribution in [0.5, 0.6) is 17.2 Å². The maximum Gasteiger partial charge on any atom is 0.231 e. The third kappa shape index (κ3) is 3.97. The number of benzene rings is 2. The van der Waals surface area contributed by atoms with Crippen molar-refractivity contribution in [3.63, 3.8) is 0 Å². The minimum Gasteiger partial charge on any atom is -0.495 e. The lowest BCUT2D eigenvalue weighted by atomic mass is 9.96. The fourth-order valence-electron chi connectivity index (χ4n) is 5.26. The summed E-state index contributed by atoms with van der Waals surface area (Å²) in [5.74, 6) is 2.12. The maximum absolute atomic E-state index is 6.54. The summed E-state index contributed by atoms with van der Waals surface area (Å²) in [7, 11) is 1.60. The van der Waals surface area contributed by atoms with E-state index in [9.17, 15) is 0 Å². The number of thiocarbonyl (C=S) groups is 1. The van der Waals surface area contributed by atoms with E-state index in [-0.39, 0.29) is 18.9 Å². The molecular weight excluding hydrogens is 508 g/mol. The number of hydrogen-bond donors (Lipinski definition) is 1. The number of hydrogen-bond acceptors (Lipinski definition) is 5. The number of pyridine rings is 1. The van der Waals surface area contributed by atoms with E-state index in [0.29, 0.717) is 15.9 Å². The zero-order valence-electron chi connectivity index (χ0n) is 20.6. The SMILES string of the molecule is COc1ccc(N2C(=S)N[C@@H](c3ccccn3)[C@@H]2c2cc(C)n(-c3ccc4c(c3)OCO4)c2C)cc1Cl. The summed E-state index contributed by atoms with van der Waals surface area (Å²) in [6.07, 6.45) is 1.81. The Morgan fingerprint density at radius 2 is 1.84 bits per heavy atom. The predicted octanol–water partition coefficient (Wildman–Crippen LogP) is 6.06. The summed E-state index contributed by atoms with van der Waals surface area (Å²) in [5, 5.41) is 4.65. The Morgan fingerprint density at radius 1 is 1.03 bits per heavy atom. The molecule has 0 aliphatic carbocycles. The minimum absolute atomic E-state index is 0.166. The first-order valence-corrected chi connectivity index (χ1v) is 12.7. The first-order valence-electron chi connectivity index (χ1n) is 11.9. The molecule has 0 unspecified atom stereocenters. The highest BCUT2D eigenvalue weighted by atomic mass is 35.5. The number of halogens is 1. The van der Waals surface area contributed by atoms with Crippen molar-refractivity contribution in [2.45, 2.75) is 25.9 Å². The summed E-state index contributed by atoms with van der Waals surface area (Å²) >= 11 is 12.4. The Labute approximate surface area is 225 Å². The quantitative estimate of drug-likeness (QED) is 0.314. The number of rotatable bonds is 5. The Bertz CT molecular complexity index is 1510. The maximum atomic E-state index is 6.54. The Morgan fingerprint density at radius 3 is 2.59 bits per heavy atom. The summed E-state index contributed by atoms with van der Waals surface area (Å²) in [6, 6.07) is 19.6. The van der Waals surface area contributed by atoms with Crippen molar-refractivity contribution >= 4 is 34.6 Å². The molecule has 2 aliphatic heterocycles. The van der Waals surface area contributed by atoms with Crippen molar-refractivity contribution in [3.05, 3.63) is 94.5 Å². The van der Waals surface area contributed by atoms with Crippen LogP contribution < -0.4 is 24.4 Å². The van der Waals surface area contributed by atoms with E-state index in [1.165, 1.54) is 0 Å². The van der Waals surface area contributed by atoms with E-state index in [0.717, 1.165) is 45.5 Å². The minimum atomic E-state index is -0.166. The molecule has 0 amide bonds. The molecule has 4 heterocycles. The summed E-state index contributed by atoms with van der Waals surface area (Å²) in [6.45, 7) is 4.47.